The van der Waals surface area contributed by atoms with E-state index in [1.807, 2.05) is 18.2 Å². The van der Waals surface area contributed by atoms with Gasteiger partial charge in [-0.1, -0.05) is 19.1 Å². The minimum atomic E-state index is 0. The molecule has 1 heterocycles. The first-order valence-corrected chi connectivity index (χ1v) is 6.54. The van der Waals surface area contributed by atoms with Gasteiger partial charge in [0.1, 0.15) is 0 Å². The molecule has 1 fully saturated rings. The molecule has 2 rings (SSSR count). The number of nitrogens with one attached hydrogen (secondary N) is 1. The Morgan fingerprint density at radius 1 is 1.53 bits per heavy atom. The summed E-state index contributed by atoms with van der Waals surface area (Å²) in [6.45, 7) is 4.28. The maximum atomic E-state index is 11.9. The van der Waals surface area contributed by atoms with Crippen LogP contribution in [0.25, 0.3) is 0 Å². The predicted octanol–water partition coefficient (Wildman–Crippen LogP) is 1.64. The summed E-state index contributed by atoms with van der Waals surface area (Å²) in [4.78, 5) is 14.0. The lowest BCUT2D eigenvalue weighted by atomic mass is 10.1. The van der Waals surface area contributed by atoms with Gasteiger partial charge in [0.05, 0.1) is 6.54 Å². The van der Waals surface area contributed by atoms with E-state index in [2.05, 4.69) is 23.2 Å². The summed E-state index contributed by atoms with van der Waals surface area (Å²) in [7, 11) is 0. The van der Waals surface area contributed by atoms with E-state index >= 15 is 0 Å². The van der Waals surface area contributed by atoms with Crippen LogP contribution in [0.3, 0.4) is 0 Å². The fraction of sp³-hybridized carbons (Fsp3) is 0.500. The number of carbonyl (C=O) groups excluding carboxylic acids is 1. The summed E-state index contributed by atoms with van der Waals surface area (Å²) in [5.41, 5.74) is 7.93. The number of carbonyl (C=O) groups is 1. The molecular weight excluding hydrogens is 262 g/mol. The normalized spacial score (nSPS) is 18.9. The highest BCUT2D eigenvalue weighted by Gasteiger charge is 2.20. The van der Waals surface area contributed by atoms with Crippen molar-refractivity contribution in [3.8, 4) is 0 Å². The van der Waals surface area contributed by atoms with Crippen LogP contribution in [0.2, 0.25) is 0 Å². The standard InChI is InChI=1S/C14H21N3O.ClH/c1-2-11-4-3-5-13(8-11)16-14(18)10-17-7-6-12(15)9-17;/h3-5,8,12H,2,6-7,9-10,15H2,1H3,(H,16,18);1H/t12-;/m1./s1. The van der Waals surface area contributed by atoms with Crippen LogP contribution in [0.5, 0.6) is 0 Å². The number of anilines is 1. The number of likely N-dealkylation sites (tertiary alicyclic amines) is 1. The number of halogens is 1. The van der Waals surface area contributed by atoms with Crippen LogP contribution in [0.1, 0.15) is 18.9 Å². The molecule has 0 aliphatic carbocycles. The quantitative estimate of drug-likeness (QED) is 0.883. The topological polar surface area (TPSA) is 58.4 Å². The van der Waals surface area contributed by atoms with Crippen LogP contribution in [-0.4, -0.2) is 36.5 Å². The highest BCUT2D eigenvalue weighted by atomic mass is 35.5. The Balaban J connectivity index is 0.00000180. The van der Waals surface area contributed by atoms with Crippen molar-refractivity contribution in [2.75, 3.05) is 25.0 Å². The molecule has 1 saturated heterocycles. The summed E-state index contributed by atoms with van der Waals surface area (Å²) < 4.78 is 0. The molecule has 1 aliphatic rings. The van der Waals surface area contributed by atoms with Gasteiger partial charge < -0.3 is 11.1 Å². The van der Waals surface area contributed by atoms with Crippen LogP contribution < -0.4 is 11.1 Å². The van der Waals surface area contributed by atoms with Gasteiger partial charge in [0, 0.05) is 24.8 Å². The molecule has 4 nitrogen and oxygen atoms in total. The second-order valence-corrected chi connectivity index (χ2v) is 4.89. The highest BCUT2D eigenvalue weighted by molar-refractivity contribution is 5.92. The number of benzene rings is 1. The van der Waals surface area contributed by atoms with Crippen molar-refractivity contribution in [3.05, 3.63) is 29.8 Å². The van der Waals surface area contributed by atoms with Crippen molar-refractivity contribution in [1.29, 1.82) is 0 Å². The monoisotopic (exact) mass is 283 g/mol. The molecule has 0 aromatic heterocycles. The minimum Gasteiger partial charge on any atom is -0.326 e. The molecule has 0 spiro atoms. The highest BCUT2D eigenvalue weighted by Crippen LogP contribution is 2.12. The minimum absolute atomic E-state index is 0. The van der Waals surface area contributed by atoms with Gasteiger partial charge in [0.2, 0.25) is 5.91 Å². The molecule has 1 amide bonds. The van der Waals surface area contributed by atoms with E-state index in [9.17, 15) is 4.79 Å². The third-order valence-electron chi connectivity index (χ3n) is 3.30. The molecule has 1 aromatic rings. The Labute approximate surface area is 120 Å². The maximum Gasteiger partial charge on any atom is 0.238 e. The van der Waals surface area contributed by atoms with Gasteiger partial charge in [0.15, 0.2) is 0 Å². The van der Waals surface area contributed by atoms with E-state index in [1.54, 1.807) is 0 Å². The van der Waals surface area contributed by atoms with Crippen molar-refractivity contribution in [2.24, 2.45) is 5.73 Å². The van der Waals surface area contributed by atoms with Gasteiger partial charge in [0.25, 0.3) is 0 Å². The van der Waals surface area contributed by atoms with Crippen LogP contribution >= 0.6 is 12.4 Å². The lowest BCUT2D eigenvalue weighted by molar-refractivity contribution is -0.117. The Morgan fingerprint density at radius 3 is 2.95 bits per heavy atom. The van der Waals surface area contributed by atoms with E-state index in [4.69, 9.17) is 5.73 Å². The van der Waals surface area contributed by atoms with Crippen LogP contribution in [0.15, 0.2) is 24.3 Å². The average Bonchev–Trinajstić information content (AvgIpc) is 2.74. The number of amides is 1. The van der Waals surface area contributed by atoms with Crippen molar-refractivity contribution in [2.45, 2.75) is 25.8 Å². The second-order valence-electron chi connectivity index (χ2n) is 4.89. The molecule has 5 heteroatoms. The van der Waals surface area contributed by atoms with E-state index in [-0.39, 0.29) is 24.4 Å². The Kier molecular flexibility index (Phi) is 6.28. The zero-order valence-corrected chi connectivity index (χ0v) is 12.1. The molecule has 0 radical (unpaired) electrons. The van der Waals surface area contributed by atoms with E-state index < -0.39 is 0 Å². The SMILES string of the molecule is CCc1cccc(NC(=O)CN2CC[C@@H](N)C2)c1.Cl. The molecule has 106 valence electrons. The zero-order valence-electron chi connectivity index (χ0n) is 11.3. The summed E-state index contributed by atoms with van der Waals surface area (Å²) >= 11 is 0. The number of aryl methyl sites for hydroxylation is 1. The molecule has 0 unspecified atom stereocenters. The number of nitrogens with two attached hydrogens (primary N) is 1. The van der Waals surface area contributed by atoms with Crippen molar-refractivity contribution < 1.29 is 4.79 Å². The predicted molar refractivity (Wildman–Crippen MR) is 80.7 cm³/mol. The van der Waals surface area contributed by atoms with Gasteiger partial charge in [-0.15, -0.1) is 12.4 Å². The molecule has 1 aliphatic heterocycles. The first kappa shape index (κ1) is 16.0. The fourth-order valence-corrected chi connectivity index (χ4v) is 2.28. The van der Waals surface area contributed by atoms with Gasteiger partial charge >= 0.3 is 0 Å². The molecule has 19 heavy (non-hydrogen) atoms. The lowest BCUT2D eigenvalue weighted by Gasteiger charge is -2.14. The lowest BCUT2D eigenvalue weighted by Crippen LogP contribution is -2.33. The smallest absolute Gasteiger partial charge is 0.238 e. The number of hydrogen-bond acceptors (Lipinski definition) is 3. The largest absolute Gasteiger partial charge is 0.326 e. The number of hydrogen-bond donors (Lipinski definition) is 2. The first-order valence-electron chi connectivity index (χ1n) is 6.54. The maximum absolute atomic E-state index is 11.9. The van der Waals surface area contributed by atoms with Crippen LogP contribution in [0.4, 0.5) is 5.69 Å². The molecule has 3 N–H and O–H groups in total. The Morgan fingerprint density at radius 2 is 2.32 bits per heavy atom. The third kappa shape index (κ3) is 4.82. The Bertz CT molecular complexity index is 425. The first-order chi connectivity index (χ1) is 8.67. The van der Waals surface area contributed by atoms with Crippen molar-refractivity contribution in [3.63, 3.8) is 0 Å². The third-order valence-corrected chi connectivity index (χ3v) is 3.30. The zero-order chi connectivity index (χ0) is 13.0. The number of rotatable bonds is 4. The average molecular weight is 284 g/mol. The molecule has 1 aromatic carbocycles. The van der Waals surface area contributed by atoms with Crippen molar-refractivity contribution in [1.82, 2.24) is 4.90 Å². The van der Waals surface area contributed by atoms with Crippen LogP contribution in [-0.2, 0) is 11.2 Å². The van der Waals surface area contributed by atoms with Gasteiger partial charge in [-0.2, -0.15) is 0 Å². The van der Waals surface area contributed by atoms with Gasteiger partial charge in [-0.3, -0.25) is 9.69 Å². The Hall–Kier alpha value is -1.10. The molecule has 0 saturated carbocycles. The van der Waals surface area contributed by atoms with Gasteiger partial charge in [-0.25, -0.2) is 0 Å². The summed E-state index contributed by atoms with van der Waals surface area (Å²) in [6.07, 6.45) is 1.96. The fourth-order valence-electron chi connectivity index (χ4n) is 2.28. The van der Waals surface area contributed by atoms with E-state index in [0.717, 1.165) is 31.6 Å². The summed E-state index contributed by atoms with van der Waals surface area (Å²) in [5, 5.41) is 2.94. The molecule has 1 atom stereocenters. The molecular formula is C14H22ClN3O. The summed E-state index contributed by atoms with van der Waals surface area (Å²) in [5.74, 6) is 0.0392. The van der Waals surface area contributed by atoms with E-state index in [1.165, 1.54) is 5.56 Å². The number of nitrogens with zero attached hydrogens (tertiary/aromatic N) is 1. The second kappa shape index (κ2) is 7.48. The molecule has 0 bridgehead atoms. The van der Waals surface area contributed by atoms with Crippen molar-refractivity contribution >= 4 is 24.0 Å². The van der Waals surface area contributed by atoms with E-state index in [0.29, 0.717) is 6.54 Å². The van der Waals surface area contributed by atoms with Crippen LogP contribution in [0, 0.1) is 0 Å². The summed E-state index contributed by atoms with van der Waals surface area (Å²) in [6, 6.07) is 8.21. The van der Waals surface area contributed by atoms with Gasteiger partial charge in [-0.05, 0) is 30.5 Å².